The molecule has 1 unspecified atom stereocenters. The number of nitrogens with one attached hydrogen (secondary N) is 1. The molecule has 30 heavy (non-hydrogen) atoms. The van der Waals surface area contributed by atoms with E-state index in [1.165, 1.54) is 37.1 Å². The van der Waals surface area contributed by atoms with E-state index in [1.807, 2.05) is 13.0 Å². The summed E-state index contributed by atoms with van der Waals surface area (Å²) in [5.74, 6) is -0.364. The Hall–Kier alpha value is -2.40. The molecule has 2 aromatic rings. The Kier molecular flexibility index (Phi) is 6.38. The van der Waals surface area contributed by atoms with Crippen molar-refractivity contribution in [2.75, 3.05) is 31.2 Å². The molecule has 0 spiro atoms. The quantitative estimate of drug-likeness (QED) is 0.774. The number of rotatable bonds is 5. The number of halogens is 1. The van der Waals surface area contributed by atoms with E-state index < -0.39 is 5.41 Å². The highest BCUT2D eigenvalue weighted by atomic mass is 19.1. The van der Waals surface area contributed by atoms with Crippen LogP contribution in [0.25, 0.3) is 0 Å². The standard InChI is InChI=1S/C25H31FN2O2/c1-19(20-8-10-23(11-9-20)28-14-3-2-4-15-28)27-24(29)25(12-16-30-17-13-25)21-6-5-7-22(26)18-21/h5-11,18-19H,2-4,12-17H2,1H3,(H,27,29). The van der Waals surface area contributed by atoms with Crippen LogP contribution in [-0.2, 0) is 14.9 Å². The minimum absolute atomic E-state index is 0.0518. The van der Waals surface area contributed by atoms with Gasteiger partial charge in [0.2, 0.25) is 5.91 Å². The lowest BCUT2D eigenvalue weighted by Crippen LogP contribution is -2.48. The molecule has 2 aromatic carbocycles. The molecule has 2 aliphatic rings. The molecule has 0 aliphatic carbocycles. The normalized spacial score (nSPS) is 19.9. The van der Waals surface area contributed by atoms with Crippen molar-refractivity contribution in [3.05, 3.63) is 65.5 Å². The number of ether oxygens (including phenoxy) is 1. The van der Waals surface area contributed by atoms with Crippen LogP contribution in [0.2, 0.25) is 0 Å². The molecule has 2 heterocycles. The Bertz CT molecular complexity index is 856. The minimum Gasteiger partial charge on any atom is -0.381 e. The van der Waals surface area contributed by atoms with Crippen molar-refractivity contribution in [3.63, 3.8) is 0 Å². The predicted octanol–water partition coefficient (Wildman–Crippen LogP) is 4.74. The molecule has 0 radical (unpaired) electrons. The molecule has 0 bridgehead atoms. The van der Waals surface area contributed by atoms with E-state index in [-0.39, 0.29) is 17.8 Å². The highest BCUT2D eigenvalue weighted by Crippen LogP contribution is 2.36. The van der Waals surface area contributed by atoms with Gasteiger partial charge in [0, 0.05) is 32.0 Å². The van der Waals surface area contributed by atoms with Gasteiger partial charge in [0.05, 0.1) is 11.5 Å². The number of anilines is 1. The van der Waals surface area contributed by atoms with Crippen molar-refractivity contribution in [1.29, 1.82) is 0 Å². The first kappa shape index (κ1) is 20.9. The van der Waals surface area contributed by atoms with Crippen LogP contribution >= 0.6 is 0 Å². The van der Waals surface area contributed by atoms with Gasteiger partial charge in [-0.05, 0) is 74.4 Å². The van der Waals surface area contributed by atoms with Gasteiger partial charge in [-0.2, -0.15) is 0 Å². The summed E-state index contributed by atoms with van der Waals surface area (Å²) in [7, 11) is 0. The molecule has 4 nitrogen and oxygen atoms in total. The number of amides is 1. The van der Waals surface area contributed by atoms with Crippen LogP contribution in [0.1, 0.15) is 56.2 Å². The van der Waals surface area contributed by atoms with E-state index in [9.17, 15) is 9.18 Å². The first-order chi connectivity index (χ1) is 14.6. The summed E-state index contributed by atoms with van der Waals surface area (Å²) in [6, 6.07) is 14.8. The van der Waals surface area contributed by atoms with Crippen LogP contribution in [0.5, 0.6) is 0 Å². The second-order valence-corrected chi connectivity index (χ2v) is 8.54. The third-order valence-electron chi connectivity index (χ3n) is 6.62. The number of hydrogen-bond donors (Lipinski definition) is 1. The van der Waals surface area contributed by atoms with E-state index >= 15 is 0 Å². The molecule has 0 aromatic heterocycles. The number of hydrogen-bond acceptors (Lipinski definition) is 3. The van der Waals surface area contributed by atoms with Gasteiger partial charge in [-0.25, -0.2) is 4.39 Å². The van der Waals surface area contributed by atoms with Crippen molar-refractivity contribution >= 4 is 11.6 Å². The lowest BCUT2D eigenvalue weighted by atomic mass is 9.73. The van der Waals surface area contributed by atoms with E-state index in [0.717, 1.165) is 24.2 Å². The average molecular weight is 411 g/mol. The van der Waals surface area contributed by atoms with E-state index in [1.54, 1.807) is 6.07 Å². The second-order valence-electron chi connectivity index (χ2n) is 8.54. The maximum Gasteiger partial charge on any atom is 0.231 e. The first-order valence-corrected chi connectivity index (χ1v) is 11.1. The Labute approximate surface area is 178 Å². The molecule has 1 atom stereocenters. The molecule has 2 aliphatic heterocycles. The number of benzene rings is 2. The SMILES string of the molecule is CC(NC(=O)C1(c2cccc(F)c2)CCOCC1)c1ccc(N2CCCCC2)cc1. The van der Waals surface area contributed by atoms with Crippen molar-refractivity contribution in [2.45, 2.75) is 50.5 Å². The molecule has 4 rings (SSSR count). The van der Waals surface area contributed by atoms with Gasteiger partial charge in [0.15, 0.2) is 0 Å². The highest BCUT2D eigenvalue weighted by Gasteiger charge is 2.42. The third-order valence-corrected chi connectivity index (χ3v) is 6.62. The number of piperidine rings is 1. The number of nitrogens with zero attached hydrogens (tertiary/aromatic N) is 1. The van der Waals surface area contributed by atoms with Crippen LogP contribution in [0.3, 0.4) is 0 Å². The Morgan fingerprint density at radius 1 is 1.07 bits per heavy atom. The number of carbonyl (C=O) groups excluding carboxylic acids is 1. The number of carbonyl (C=O) groups is 1. The molecular formula is C25H31FN2O2. The van der Waals surface area contributed by atoms with Gasteiger partial charge < -0.3 is 15.0 Å². The van der Waals surface area contributed by atoms with E-state index in [4.69, 9.17) is 4.74 Å². The Morgan fingerprint density at radius 3 is 2.43 bits per heavy atom. The van der Waals surface area contributed by atoms with Crippen molar-refractivity contribution < 1.29 is 13.9 Å². The summed E-state index contributed by atoms with van der Waals surface area (Å²) in [5, 5.41) is 3.19. The fraction of sp³-hybridized carbons (Fsp3) is 0.480. The maximum atomic E-state index is 13.9. The summed E-state index contributed by atoms with van der Waals surface area (Å²) in [4.78, 5) is 15.9. The molecule has 5 heteroatoms. The van der Waals surface area contributed by atoms with Crippen LogP contribution in [0.15, 0.2) is 48.5 Å². The van der Waals surface area contributed by atoms with Gasteiger partial charge >= 0.3 is 0 Å². The van der Waals surface area contributed by atoms with Crippen molar-refractivity contribution in [3.8, 4) is 0 Å². The van der Waals surface area contributed by atoms with Crippen LogP contribution in [0.4, 0.5) is 10.1 Å². The Balaban J connectivity index is 1.49. The third kappa shape index (κ3) is 4.36. The van der Waals surface area contributed by atoms with Crippen LogP contribution < -0.4 is 10.2 Å². The van der Waals surface area contributed by atoms with E-state index in [0.29, 0.717) is 26.1 Å². The summed E-state index contributed by atoms with van der Waals surface area (Å²) < 4.78 is 19.4. The molecule has 160 valence electrons. The van der Waals surface area contributed by atoms with Gasteiger partial charge in [-0.15, -0.1) is 0 Å². The summed E-state index contributed by atoms with van der Waals surface area (Å²) >= 11 is 0. The zero-order valence-corrected chi connectivity index (χ0v) is 17.7. The van der Waals surface area contributed by atoms with Gasteiger partial charge in [-0.3, -0.25) is 4.79 Å². The molecule has 1 amide bonds. The lowest BCUT2D eigenvalue weighted by Gasteiger charge is -2.37. The van der Waals surface area contributed by atoms with Crippen LogP contribution in [0, 0.1) is 5.82 Å². The summed E-state index contributed by atoms with van der Waals surface area (Å²) in [6.07, 6.45) is 4.93. The molecule has 1 N–H and O–H groups in total. The minimum atomic E-state index is -0.748. The zero-order chi connectivity index (χ0) is 21.0. The van der Waals surface area contributed by atoms with Gasteiger partial charge in [0.25, 0.3) is 0 Å². The molecular weight excluding hydrogens is 379 g/mol. The molecule has 2 fully saturated rings. The molecule has 2 saturated heterocycles. The largest absolute Gasteiger partial charge is 0.381 e. The zero-order valence-electron chi connectivity index (χ0n) is 17.7. The fourth-order valence-corrected chi connectivity index (χ4v) is 4.70. The van der Waals surface area contributed by atoms with E-state index in [2.05, 4.69) is 34.5 Å². The van der Waals surface area contributed by atoms with Crippen molar-refractivity contribution in [1.82, 2.24) is 5.32 Å². The Morgan fingerprint density at radius 2 is 1.77 bits per heavy atom. The van der Waals surface area contributed by atoms with Crippen molar-refractivity contribution in [2.24, 2.45) is 0 Å². The summed E-state index contributed by atoms with van der Waals surface area (Å²) in [6.45, 7) is 5.24. The second kappa shape index (κ2) is 9.17. The predicted molar refractivity (Wildman–Crippen MR) is 117 cm³/mol. The van der Waals surface area contributed by atoms with Crippen LogP contribution in [-0.4, -0.2) is 32.2 Å². The van der Waals surface area contributed by atoms with Gasteiger partial charge in [0.1, 0.15) is 5.82 Å². The monoisotopic (exact) mass is 410 g/mol. The first-order valence-electron chi connectivity index (χ1n) is 11.1. The molecule has 0 saturated carbocycles. The smallest absolute Gasteiger partial charge is 0.231 e. The fourth-order valence-electron chi connectivity index (χ4n) is 4.70. The average Bonchev–Trinajstić information content (AvgIpc) is 2.80. The lowest BCUT2D eigenvalue weighted by molar-refractivity contribution is -0.131. The highest BCUT2D eigenvalue weighted by molar-refractivity contribution is 5.88. The maximum absolute atomic E-state index is 13.9. The topological polar surface area (TPSA) is 41.6 Å². The van der Waals surface area contributed by atoms with Gasteiger partial charge in [-0.1, -0.05) is 24.3 Å². The summed E-state index contributed by atoms with van der Waals surface area (Å²) in [5.41, 5.74) is 2.31.